The molecule has 17 heavy (non-hydrogen) atoms. The largest absolute Gasteiger partial charge is 0.310 e. The number of nitrogens with zero attached hydrogens (tertiary/aromatic N) is 1. The van der Waals surface area contributed by atoms with E-state index in [1.54, 1.807) is 11.3 Å². The molecule has 92 valence electrons. The third-order valence-electron chi connectivity index (χ3n) is 3.00. The van der Waals surface area contributed by atoms with Crippen LogP contribution in [0.1, 0.15) is 38.8 Å². The molecule has 3 heteroatoms. The number of nitrogens with one attached hydrogen (secondary N) is 1. The normalized spacial score (nSPS) is 13.4. The van der Waals surface area contributed by atoms with Crippen LogP contribution in [0.15, 0.2) is 23.7 Å². The molecule has 2 nitrogen and oxygen atoms in total. The Morgan fingerprint density at radius 2 is 2.18 bits per heavy atom. The van der Waals surface area contributed by atoms with E-state index in [0.717, 1.165) is 18.0 Å². The van der Waals surface area contributed by atoms with Crippen LogP contribution in [0.2, 0.25) is 0 Å². The van der Waals surface area contributed by atoms with Gasteiger partial charge in [-0.05, 0) is 48.9 Å². The average Bonchev–Trinajstić information content (AvgIpc) is 2.75. The fraction of sp³-hybridized carbons (Fsp3) is 0.500. The van der Waals surface area contributed by atoms with Crippen molar-refractivity contribution in [1.82, 2.24) is 10.3 Å². The van der Waals surface area contributed by atoms with Gasteiger partial charge >= 0.3 is 0 Å². The number of aromatic nitrogens is 1. The smallest absolute Gasteiger partial charge is 0.0809 e. The third-order valence-corrected chi connectivity index (χ3v) is 3.85. The van der Waals surface area contributed by atoms with E-state index in [1.807, 2.05) is 6.20 Å². The van der Waals surface area contributed by atoms with Crippen LogP contribution in [0.5, 0.6) is 0 Å². The Labute approximate surface area is 107 Å². The predicted molar refractivity (Wildman–Crippen MR) is 75.5 cm³/mol. The summed E-state index contributed by atoms with van der Waals surface area (Å²) in [7, 11) is 0. The quantitative estimate of drug-likeness (QED) is 0.865. The lowest BCUT2D eigenvalue weighted by Gasteiger charge is -2.14. The van der Waals surface area contributed by atoms with E-state index in [2.05, 4.69) is 48.6 Å². The van der Waals surface area contributed by atoms with E-state index >= 15 is 0 Å². The van der Waals surface area contributed by atoms with Crippen LogP contribution in [0.3, 0.4) is 0 Å². The van der Waals surface area contributed by atoms with Gasteiger partial charge in [0.25, 0.3) is 0 Å². The zero-order valence-corrected chi connectivity index (χ0v) is 11.6. The summed E-state index contributed by atoms with van der Waals surface area (Å²) in [5.74, 6) is 0.757. The Balaban J connectivity index is 2.00. The van der Waals surface area contributed by atoms with Crippen LogP contribution in [-0.2, 0) is 0 Å². The fourth-order valence-electron chi connectivity index (χ4n) is 1.80. The first-order valence-corrected chi connectivity index (χ1v) is 7.11. The monoisotopic (exact) mass is 248 g/mol. The van der Waals surface area contributed by atoms with Gasteiger partial charge in [0.1, 0.15) is 0 Å². The van der Waals surface area contributed by atoms with Crippen LogP contribution in [0.25, 0.3) is 10.2 Å². The molecule has 1 unspecified atom stereocenters. The summed E-state index contributed by atoms with van der Waals surface area (Å²) < 4.78 is 1.28. The minimum atomic E-state index is 0.382. The molecule has 2 rings (SSSR count). The van der Waals surface area contributed by atoms with Gasteiger partial charge in [0, 0.05) is 12.2 Å². The molecule has 2 heterocycles. The van der Waals surface area contributed by atoms with Crippen LogP contribution < -0.4 is 5.32 Å². The van der Waals surface area contributed by atoms with Gasteiger partial charge in [0.15, 0.2) is 0 Å². The fourth-order valence-corrected chi connectivity index (χ4v) is 2.59. The molecule has 0 spiro atoms. The molecule has 0 bridgehead atoms. The van der Waals surface area contributed by atoms with E-state index in [9.17, 15) is 0 Å². The number of thiophene rings is 1. The Hall–Kier alpha value is -0.930. The number of hydrogen-bond acceptors (Lipinski definition) is 3. The number of pyridine rings is 1. The van der Waals surface area contributed by atoms with Crippen molar-refractivity contribution in [3.05, 3.63) is 29.3 Å². The molecule has 0 aliphatic rings. The lowest BCUT2D eigenvalue weighted by Crippen LogP contribution is -2.21. The average molecular weight is 248 g/mol. The summed E-state index contributed by atoms with van der Waals surface area (Å²) in [6.45, 7) is 7.79. The van der Waals surface area contributed by atoms with E-state index < -0.39 is 0 Å². The second-order valence-electron chi connectivity index (χ2n) is 4.93. The minimum Gasteiger partial charge on any atom is -0.310 e. The summed E-state index contributed by atoms with van der Waals surface area (Å²) in [4.78, 5) is 4.48. The molecule has 0 radical (unpaired) electrons. The van der Waals surface area contributed by atoms with E-state index in [0.29, 0.717) is 6.04 Å². The van der Waals surface area contributed by atoms with Crippen LogP contribution in [-0.4, -0.2) is 11.5 Å². The molecule has 2 aromatic heterocycles. The van der Waals surface area contributed by atoms with Crippen molar-refractivity contribution in [2.45, 2.75) is 33.2 Å². The van der Waals surface area contributed by atoms with Gasteiger partial charge in [0.05, 0.1) is 10.2 Å². The van der Waals surface area contributed by atoms with E-state index in [4.69, 9.17) is 0 Å². The van der Waals surface area contributed by atoms with Crippen molar-refractivity contribution >= 4 is 21.6 Å². The molecule has 0 fully saturated rings. The molecule has 1 N–H and O–H groups in total. The molecule has 1 atom stereocenters. The molecule has 0 aromatic carbocycles. The van der Waals surface area contributed by atoms with Gasteiger partial charge in [-0.15, -0.1) is 11.3 Å². The summed E-state index contributed by atoms with van der Waals surface area (Å²) >= 11 is 1.76. The minimum absolute atomic E-state index is 0.382. The molecular weight excluding hydrogens is 228 g/mol. The van der Waals surface area contributed by atoms with Gasteiger partial charge in [-0.3, -0.25) is 4.98 Å². The molecule has 0 amide bonds. The highest BCUT2D eigenvalue weighted by molar-refractivity contribution is 7.17. The summed E-state index contributed by atoms with van der Waals surface area (Å²) in [6.07, 6.45) is 3.21. The molecule has 0 saturated carbocycles. The van der Waals surface area contributed by atoms with Crippen molar-refractivity contribution in [2.75, 3.05) is 6.54 Å². The maximum absolute atomic E-state index is 4.48. The summed E-state index contributed by atoms with van der Waals surface area (Å²) in [5.41, 5.74) is 2.39. The molecule has 0 aliphatic carbocycles. The van der Waals surface area contributed by atoms with Crippen molar-refractivity contribution in [2.24, 2.45) is 5.92 Å². The zero-order chi connectivity index (χ0) is 12.3. The standard InChI is InChI=1S/C14H20N2S/c1-10(2)4-6-15-11(3)12-8-14-13(16-9-12)5-7-17-14/h5,7-11,15H,4,6H2,1-3H3. The topological polar surface area (TPSA) is 24.9 Å². The SMILES string of the molecule is CC(C)CCNC(C)c1cnc2ccsc2c1. The maximum atomic E-state index is 4.48. The number of fused-ring (bicyclic) bond motifs is 1. The Bertz CT molecular complexity index is 476. The molecule has 0 aliphatic heterocycles. The van der Waals surface area contributed by atoms with Crippen molar-refractivity contribution in [3.63, 3.8) is 0 Å². The number of hydrogen-bond donors (Lipinski definition) is 1. The summed E-state index contributed by atoms with van der Waals surface area (Å²) in [6, 6.07) is 4.70. The Morgan fingerprint density at radius 1 is 1.35 bits per heavy atom. The Morgan fingerprint density at radius 3 is 2.94 bits per heavy atom. The lowest BCUT2D eigenvalue weighted by molar-refractivity contribution is 0.497. The van der Waals surface area contributed by atoms with Gasteiger partial charge in [0.2, 0.25) is 0 Å². The van der Waals surface area contributed by atoms with Gasteiger partial charge in [-0.2, -0.15) is 0 Å². The van der Waals surface area contributed by atoms with Crippen molar-refractivity contribution in [3.8, 4) is 0 Å². The zero-order valence-electron chi connectivity index (χ0n) is 10.7. The molecule has 0 saturated heterocycles. The van der Waals surface area contributed by atoms with E-state index in [-0.39, 0.29) is 0 Å². The predicted octanol–water partition coefficient (Wildman–Crippen LogP) is 3.99. The second-order valence-corrected chi connectivity index (χ2v) is 5.88. The van der Waals surface area contributed by atoms with Gasteiger partial charge in [-0.25, -0.2) is 0 Å². The first kappa shape index (κ1) is 12.5. The van der Waals surface area contributed by atoms with Crippen molar-refractivity contribution in [1.29, 1.82) is 0 Å². The first-order valence-electron chi connectivity index (χ1n) is 6.23. The van der Waals surface area contributed by atoms with Crippen LogP contribution >= 0.6 is 11.3 Å². The highest BCUT2D eigenvalue weighted by Crippen LogP contribution is 2.22. The highest BCUT2D eigenvalue weighted by Gasteiger charge is 2.07. The van der Waals surface area contributed by atoms with Gasteiger partial charge < -0.3 is 5.32 Å². The Kier molecular flexibility index (Phi) is 4.13. The van der Waals surface area contributed by atoms with Crippen LogP contribution in [0.4, 0.5) is 0 Å². The van der Waals surface area contributed by atoms with Crippen molar-refractivity contribution < 1.29 is 0 Å². The van der Waals surface area contributed by atoms with E-state index in [1.165, 1.54) is 16.7 Å². The molecular formula is C14H20N2S. The maximum Gasteiger partial charge on any atom is 0.0809 e. The summed E-state index contributed by atoms with van der Waals surface area (Å²) in [5, 5.41) is 5.65. The lowest BCUT2D eigenvalue weighted by atomic mass is 10.1. The highest BCUT2D eigenvalue weighted by atomic mass is 32.1. The molecule has 2 aromatic rings. The third kappa shape index (κ3) is 3.27. The van der Waals surface area contributed by atoms with Crippen LogP contribution in [0, 0.1) is 5.92 Å². The second kappa shape index (κ2) is 5.61. The van der Waals surface area contributed by atoms with Gasteiger partial charge in [-0.1, -0.05) is 13.8 Å². The first-order chi connectivity index (χ1) is 8.16. The number of rotatable bonds is 5.